The number of methoxy groups -OCH3 is 2. The number of benzene rings is 2. The van der Waals surface area contributed by atoms with Crippen molar-refractivity contribution in [3.63, 3.8) is 0 Å². The van der Waals surface area contributed by atoms with Crippen LogP contribution in [-0.4, -0.2) is 39.4 Å². The van der Waals surface area contributed by atoms with Crippen molar-refractivity contribution in [2.45, 2.75) is 38.3 Å². The van der Waals surface area contributed by atoms with Crippen LogP contribution in [0.15, 0.2) is 47.5 Å². The first-order chi connectivity index (χ1) is 14.0. The predicted octanol–water partition coefficient (Wildman–Crippen LogP) is 3.71. The number of para-hydroxylation sites is 1. The summed E-state index contributed by atoms with van der Waals surface area (Å²) in [6.45, 7) is 4.99. The first kappa shape index (κ1) is 20.8. The molecule has 0 radical (unpaired) electrons. The number of nitrogens with zero attached hydrogens (tertiary/aromatic N) is 1. The fourth-order valence-corrected chi connectivity index (χ4v) is 3.65. The highest BCUT2D eigenvalue weighted by Crippen LogP contribution is 2.39. The average Bonchev–Trinajstić information content (AvgIpc) is 2.71. The molecule has 1 atom stereocenters. The van der Waals surface area contributed by atoms with Gasteiger partial charge in [0.2, 0.25) is 0 Å². The number of fused-ring (bicyclic) bond motifs is 1. The number of hydrogen-bond donors (Lipinski definition) is 2. The van der Waals surface area contributed by atoms with Gasteiger partial charge in [0, 0.05) is 25.6 Å². The Hall–Kier alpha value is -2.89. The third-order valence-corrected chi connectivity index (χ3v) is 5.07. The average molecular weight is 398 g/mol. The van der Waals surface area contributed by atoms with E-state index in [1.165, 1.54) is 5.56 Å². The molecule has 0 bridgehead atoms. The molecule has 1 unspecified atom stereocenters. The van der Waals surface area contributed by atoms with Crippen molar-refractivity contribution in [3.8, 4) is 17.2 Å². The van der Waals surface area contributed by atoms with Gasteiger partial charge in [0.15, 0.2) is 17.5 Å². The molecule has 1 heterocycles. The molecule has 1 aliphatic heterocycles. The standard InChI is InChI=1S/C23H31N3O3/c1-23(2)15-18(17-8-6-7-9-19(17)29-23)26-22(24-3)25-13-12-16-10-11-20(27-4)21(14-16)28-5/h6-11,14,18H,12-13,15H2,1-5H3,(H2,24,25,26). The van der Waals surface area contributed by atoms with Gasteiger partial charge in [-0.25, -0.2) is 0 Å². The van der Waals surface area contributed by atoms with Crippen molar-refractivity contribution in [3.05, 3.63) is 53.6 Å². The molecule has 0 saturated heterocycles. The minimum atomic E-state index is -0.232. The van der Waals surface area contributed by atoms with E-state index in [1.807, 2.05) is 30.3 Å². The minimum absolute atomic E-state index is 0.141. The summed E-state index contributed by atoms with van der Waals surface area (Å²) in [5.41, 5.74) is 2.10. The van der Waals surface area contributed by atoms with Crippen LogP contribution in [0.25, 0.3) is 0 Å². The number of aliphatic imine (C=N–C) groups is 1. The van der Waals surface area contributed by atoms with Gasteiger partial charge in [-0.3, -0.25) is 4.99 Å². The molecule has 2 N–H and O–H groups in total. The molecule has 3 rings (SSSR count). The van der Waals surface area contributed by atoms with Gasteiger partial charge in [-0.1, -0.05) is 24.3 Å². The monoisotopic (exact) mass is 397 g/mol. The van der Waals surface area contributed by atoms with Gasteiger partial charge in [0.25, 0.3) is 0 Å². The summed E-state index contributed by atoms with van der Waals surface area (Å²) >= 11 is 0. The molecular formula is C23H31N3O3. The summed E-state index contributed by atoms with van der Waals surface area (Å²) in [7, 11) is 5.09. The van der Waals surface area contributed by atoms with Crippen molar-refractivity contribution in [2.75, 3.05) is 27.8 Å². The van der Waals surface area contributed by atoms with Crippen LogP contribution in [0.2, 0.25) is 0 Å². The Morgan fingerprint density at radius 2 is 1.90 bits per heavy atom. The third-order valence-electron chi connectivity index (χ3n) is 5.07. The summed E-state index contributed by atoms with van der Waals surface area (Å²) in [4.78, 5) is 4.40. The van der Waals surface area contributed by atoms with Crippen LogP contribution in [0.5, 0.6) is 17.2 Å². The molecule has 0 spiro atoms. The van der Waals surface area contributed by atoms with Crippen LogP contribution in [0, 0.1) is 0 Å². The van der Waals surface area contributed by atoms with Gasteiger partial charge in [-0.15, -0.1) is 0 Å². The van der Waals surface area contributed by atoms with E-state index in [9.17, 15) is 0 Å². The van der Waals surface area contributed by atoms with Crippen molar-refractivity contribution in [1.82, 2.24) is 10.6 Å². The molecule has 0 aliphatic carbocycles. The topological polar surface area (TPSA) is 64.1 Å². The molecule has 1 aliphatic rings. The lowest BCUT2D eigenvalue weighted by Crippen LogP contribution is -2.45. The first-order valence-electron chi connectivity index (χ1n) is 9.92. The van der Waals surface area contributed by atoms with E-state index < -0.39 is 0 Å². The molecule has 0 aromatic heterocycles. The maximum absolute atomic E-state index is 6.12. The van der Waals surface area contributed by atoms with E-state index >= 15 is 0 Å². The zero-order chi connectivity index (χ0) is 20.9. The van der Waals surface area contributed by atoms with Gasteiger partial charge >= 0.3 is 0 Å². The SMILES string of the molecule is CN=C(NCCc1ccc(OC)c(OC)c1)NC1CC(C)(C)Oc2ccccc21. The molecule has 6 heteroatoms. The van der Waals surface area contributed by atoms with Gasteiger partial charge in [0.05, 0.1) is 20.3 Å². The van der Waals surface area contributed by atoms with Gasteiger partial charge in [0.1, 0.15) is 11.4 Å². The molecule has 2 aromatic carbocycles. The second kappa shape index (κ2) is 9.07. The molecule has 2 aromatic rings. The Bertz CT molecular complexity index is 864. The number of rotatable bonds is 6. The largest absolute Gasteiger partial charge is 0.493 e. The highest BCUT2D eigenvalue weighted by atomic mass is 16.5. The summed E-state index contributed by atoms with van der Waals surface area (Å²) in [5, 5.41) is 6.97. The Labute approximate surface area is 173 Å². The summed E-state index contributed by atoms with van der Waals surface area (Å²) < 4.78 is 16.8. The lowest BCUT2D eigenvalue weighted by atomic mass is 9.90. The maximum Gasteiger partial charge on any atom is 0.191 e. The van der Waals surface area contributed by atoms with E-state index in [0.29, 0.717) is 0 Å². The van der Waals surface area contributed by atoms with Crippen LogP contribution < -0.4 is 24.8 Å². The summed E-state index contributed by atoms with van der Waals surface area (Å²) in [6, 6.07) is 14.3. The van der Waals surface area contributed by atoms with Crippen molar-refractivity contribution in [1.29, 1.82) is 0 Å². The molecule has 0 saturated carbocycles. The van der Waals surface area contributed by atoms with Crippen LogP contribution in [0.4, 0.5) is 0 Å². The summed E-state index contributed by atoms with van der Waals surface area (Å²) in [6.07, 6.45) is 1.71. The highest BCUT2D eigenvalue weighted by molar-refractivity contribution is 5.80. The maximum atomic E-state index is 6.12. The third kappa shape index (κ3) is 5.13. The zero-order valence-electron chi connectivity index (χ0n) is 17.9. The first-order valence-corrected chi connectivity index (χ1v) is 9.92. The van der Waals surface area contributed by atoms with E-state index in [2.05, 4.69) is 41.6 Å². The highest BCUT2D eigenvalue weighted by Gasteiger charge is 2.33. The van der Waals surface area contributed by atoms with E-state index in [-0.39, 0.29) is 11.6 Å². The van der Waals surface area contributed by atoms with Crippen molar-refractivity contribution >= 4 is 5.96 Å². The Balaban J connectivity index is 1.62. The number of ether oxygens (including phenoxy) is 3. The number of nitrogens with one attached hydrogen (secondary N) is 2. The van der Waals surface area contributed by atoms with Gasteiger partial charge < -0.3 is 24.8 Å². The number of hydrogen-bond acceptors (Lipinski definition) is 4. The smallest absolute Gasteiger partial charge is 0.191 e. The molecular weight excluding hydrogens is 366 g/mol. The fraction of sp³-hybridized carbons (Fsp3) is 0.435. The Morgan fingerprint density at radius 1 is 1.14 bits per heavy atom. The molecule has 6 nitrogen and oxygen atoms in total. The lowest BCUT2D eigenvalue weighted by molar-refractivity contribution is 0.0694. The molecule has 0 fully saturated rings. The van der Waals surface area contributed by atoms with Gasteiger partial charge in [-0.05, 0) is 44.0 Å². The number of guanidine groups is 1. The normalized spacial score (nSPS) is 17.7. The second-order valence-electron chi connectivity index (χ2n) is 7.74. The Morgan fingerprint density at radius 3 is 2.62 bits per heavy atom. The molecule has 29 heavy (non-hydrogen) atoms. The zero-order valence-corrected chi connectivity index (χ0v) is 17.9. The fourth-order valence-electron chi connectivity index (χ4n) is 3.65. The lowest BCUT2D eigenvalue weighted by Gasteiger charge is -2.38. The Kier molecular flexibility index (Phi) is 6.52. The van der Waals surface area contributed by atoms with Crippen molar-refractivity contribution in [2.24, 2.45) is 4.99 Å². The van der Waals surface area contributed by atoms with Crippen LogP contribution in [-0.2, 0) is 6.42 Å². The van der Waals surface area contributed by atoms with E-state index in [4.69, 9.17) is 14.2 Å². The van der Waals surface area contributed by atoms with E-state index in [1.54, 1.807) is 21.3 Å². The van der Waals surface area contributed by atoms with Crippen LogP contribution in [0.1, 0.15) is 37.4 Å². The predicted molar refractivity (Wildman–Crippen MR) is 116 cm³/mol. The molecule has 0 amide bonds. The molecule has 156 valence electrons. The van der Waals surface area contributed by atoms with Crippen LogP contribution >= 0.6 is 0 Å². The second-order valence-corrected chi connectivity index (χ2v) is 7.74. The quantitative estimate of drug-likeness (QED) is 0.575. The van der Waals surface area contributed by atoms with Crippen LogP contribution in [0.3, 0.4) is 0 Å². The summed E-state index contributed by atoms with van der Waals surface area (Å²) in [5.74, 6) is 3.20. The van der Waals surface area contributed by atoms with Gasteiger partial charge in [-0.2, -0.15) is 0 Å². The van der Waals surface area contributed by atoms with E-state index in [0.717, 1.165) is 48.2 Å². The minimum Gasteiger partial charge on any atom is -0.493 e. The van der Waals surface area contributed by atoms with Crippen molar-refractivity contribution < 1.29 is 14.2 Å².